The van der Waals surface area contributed by atoms with Crippen LogP contribution in [0.3, 0.4) is 0 Å². The van der Waals surface area contributed by atoms with Crippen LogP contribution in [0.1, 0.15) is 54.3 Å². The van der Waals surface area contributed by atoms with Crippen LogP contribution in [0.25, 0.3) is 0 Å². The molecule has 7 nitrogen and oxygen atoms in total. The van der Waals surface area contributed by atoms with Crippen molar-refractivity contribution >= 4 is 27.3 Å². The van der Waals surface area contributed by atoms with Crippen LogP contribution in [0.5, 0.6) is 0 Å². The monoisotopic (exact) mass is 392 g/mol. The number of nitrogens with one attached hydrogen (secondary N) is 2. The fourth-order valence-corrected chi connectivity index (χ4v) is 3.37. The topological polar surface area (TPSA) is 105 Å². The highest BCUT2D eigenvalue weighted by atomic mass is 32.2. The molecule has 0 saturated carbocycles. The molecule has 1 unspecified atom stereocenters. The van der Waals surface area contributed by atoms with Gasteiger partial charge in [-0.1, -0.05) is 32.4 Å². The van der Waals surface area contributed by atoms with E-state index < -0.39 is 21.6 Å². The Morgan fingerprint density at radius 2 is 1.85 bits per heavy atom. The van der Waals surface area contributed by atoms with Crippen LogP contribution < -0.4 is 15.7 Å². The van der Waals surface area contributed by atoms with Gasteiger partial charge in [0.05, 0.1) is 17.6 Å². The zero-order valence-corrected chi connectivity index (χ0v) is 16.6. The van der Waals surface area contributed by atoms with Crippen molar-refractivity contribution in [2.45, 2.75) is 39.5 Å². The molecule has 0 bridgehead atoms. The number of anilines is 2. The maximum Gasteiger partial charge on any atom is 0.349 e. The molecule has 146 valence electrons. The fraction of sp³-hybridized carbons (Fsp3) is 0.368. The minimum atomic E-state index is -3.52. The number of aryl methyl sites for hydroxylation is 1. The van der Waals surface area contributed by atoms with Gasteiger partial charge in [0, 0.05) is 5.92 Å². The number of para-hydroxylation sites is 2. The highest BCUT2D eigenvalue weighted by molar-refractivity contribution is 7.92. The van der Waals surface area contributed by atoms with Gasteiger partial charge >= 0.3 is 5.63 Å². The smallest absolute Gasteiger partial charge is 0.349 e. The number of carbonyl (C=O) groups is 1. The van der Waals surface area contributed by atoms with Gasteiger partial charge in [0.2, 0.25) is 10.0 Å². The molecule has 0 aliphatic heterocycles. The summed E-state index contributed by atoms with van der Waals surface area (Å²) >= 11 is 0. The molecule has 1 amide bonds. The number of sulfonamides is 1. The number of carbonyl (C=O) groups excluding carboxylic acids is 1. The van der Waals surface area contributed by atoms with Crippen molar-refractivity contribution < 1.29 is 17.6 Å². The molecule has 0 aliphatic carbocycles. The number of rotatable bonds is 7. The third kappa shape index (κ3) is 5.43. The van der Waals surface area contributed by atoms with Crippen molar-refractivity contribution in [3.8, 4) is 0 Å². The standard InChI is InChI=1S/C19H24N2O5S/c1-5-8-12(2)16-11-13(3)17(19(23)26-16)18(22)20-14-9-6-7-10-15(14)21-27(4,24)25/h6-7,9-12,21H,5,8H2,1-4H3,(H,20,22). The van der Waals surface area contributed by atoms with E-state index in [1.165, 1.54) is 6.07 Å². The quantitative estimate of drug-likeness (QED) is 0.750. The zero-order valence-electron chi connectivity index (χ0n) is 15.8. The van der Waals surface area contributed by atoms with Gasteiger partial charge in [-0.05, 0) is 37.1 Å². The maximum absolute atomic E-state index is 12.6. The first-order chi connectivity index (χ1) is 12.6. The Labute approximate surface area is 158 Å². The van der Waals surface area contributed by atoms with Crippen LogP contribution in [0.15, 0.2) is 39.5 Å². The van der Waals surface area contributed by atoms with Gasteiger partial charge in [-0.2, -0.15) is 0 Å². The maximum atomic E-state index is 12.6. The largest absolute Gasteiger partial charge is 0.427 e. The molecule has 0 spiro atoms. The summed E-state index contributed by atoms with van der Waals surface area (Å²) in [6.07, 6.45) is 2.84. The number of amides is 1. The van der Waals surface area contributed by atoms with E-state index in [0.29, 0.717) is 11.3 Å². The molecule has 27 heavy (non-hydrogen) atoms. The highest BCUT2D eigenvalue weighted by Gasteiger charge is 2.20. The summed E-state index contributed by atoms with van der Waals surface area (Å²) in [5.74, 6) is -0.0214. The Balaban J connectivity index is 2.34. The van der Waals surface area contributed by atoms with Crippen LogP contribution in [-0.4, -0.2) is 20.6 Å². The molecular weight excluding hydrogens is 368 g/mol. The first-order valence-corrected chi connectivity index (χ1v) is 10.5. The molecule has 0 saturated heterocycles. The van der Waals surface area contributed by atoms with E-state index in [2.05, 4.69) is 10.0 Å². The highest BCUT2D eigenvalue weighted by Crippen LogP contribution is 2.24. The van der Waals surface area contributed by atoms with Gasteiger partial charge in [0.15, 0.2) is 0 Å². The van der Waals surface area contributed by atoms with Crippen molar-refractivity contribution in [3.63, 3.8) is 0 Å². The van der Waals surface area contributed by atoms with Crippen molar-refractivity contribution in [1.82, 2.24) is 0 Å². The Kier molecular flexibility index (Phi) is 6.43. The minimum absolute atomic E-state index is 0.0817. The lowest BCUT2D eigenvalue weighted by atomic mass is 10.0. The third-order valence-electron chi connectivity index (χ3n) is 4.07. The predicted molar refractivity (Wildman–Crippen MR) is 106 cm³/mol. The summed E-state index contributed by atoms with van der Waals surface area (Å²) in [5.41, 5.74) is 0.157. The average Bonchev–Trinajstić information content (AvgIpc) is 2.55. The van der Waals surface area contributed by atoms with Crippen LogP contribution >= 0.6 is 0 Å². The SMILES string of the molecule is CCCC(C)c1cc(C)c(C(=O)Nc2ccccc2NS(C)(=O)=O)c(=O)o1. The molecule has 0 aliphatic rings. The van der Waals surface area contributed by atoms with E-state index in [-0.39, 0.29) is 22.9 Å². The van der Waals surface area contributed by atoms with Crippen LogP contribution in [-0.2, 0) is 10.0 Å². The van der Waals surface area contributed by atoms with Crippen LogP contribution in [0.4, 0.5) is 11.4 Å². The number of hydrogen-bond donors (Lipinski definition) is 2. The Bertz CT molecular complexity index is 995. The summed E-state index contributed by atoms with van der Waals surface area (Å²) in [4.78, 5) is 25.0. The lowest BCUT2D eigenvalue weighted by Crippen LogP contribution is -2.24. The molecule has 2 aromatic rings. The second-order valence-corrected chi connectivity index (χ2v) is 8.31. The summed E-state index contributed by atoms with van der Waals surface area (Å²) < 4.78 is 30.6. The molecule has 2 rings (SSSR count). The van der Waals surface area contributed by atoms with Gasteiger partial charge in [-0.25, -0.2) is 13.2 Å². The molecule has 0 radical (unpaired) electrons. The van der Waals surface area contributed by atoms with Crippen LogP contribution in [0.2, 0.25) is 0 Å². The fourth-order valence-electron chi connectivity index (χ4n) is 2.79. The molecule has 8 heteroatoms. The van der Waals surface area contributed by atoms with Crippen molar-refractivity contribution in [1.29, 1.82) is 0 Å². The van der Waals surface area contributed by atoms with Crippen molar-refractivity contribution in [2.24, 2.45) is 0 Å². The van der Waals surface area contributed by atoms with Crippen LogP contribution in [0, 0.1) is 6.92 Å². The lowest BCUT2D eigenvalue weighted by molar-refractivity contribution is 0.102. The summed E-state index contributed by atoms with van der Waals surface area (Å²) in [5, 5.41) is 2.58. The summed E-state index contributed by atoms with van der Waals surface area (Å²) in [6.45, 7) is 5.69. The van der Waals surface area contributed by atoms with E-state index in [1.807, 2.05) is 13.8 Å². The van der Waals surface area contributed by atoms with E-state index in [4.69, 9.17) is 4.42 Å². The van der Waals surface area contributed by atoms with Gasteiger partial charge in [0.25, 0.3) is 5.91 Å². The second-order valence-electron chi connectivity index (χ2n) is 6.56. The average molecular weight is 392 g/mol. The van der Waals surface area contributed by atoms with Gasteiger partial charge in [0.1, 0.15) is 11.3 Å². The lowest BCUT2D eigenvalue weighted by Gasteiger charge is -2.14. The van der Waals surface area contributed by atoms with Crippen molar-refractivity contribution in [2.75, 3.05) is 16.3 Å². The van der Waals surface area contributed by atoms with Gasteiger partial charge in [-0.15, -0.1) is 0 Å². The summed E-state index contributed by atoms with van der Waals surface area (Å²) in [7, 11) is -3.52. The first kappa shape index (κ1) is 20.7. The van der Waals surface area contributed by atoms with Crippen molar-refractivity contribution in [3.05, 3.63) is 57.6 Å². The Morgan fingerprint density at radius 3 is 2.41 bits per heavy atom. The predicted octanol–water partition coefficient (Wildman–Crippen LogP) is 3.48. The zero-order chi connectivity index (χ0) is 20.2. The molecular formula is C19H24N2O5S. The Morgan fingerprint density at radius 1 is 1.22 bits per heavy atom. The number of benzene rings is 1. The number of hydrogen-bond acceptors (Lipinski definition) is 5. The first-order valence-electron chi connectivity index (χ1n) is 8.65. The van der Waals surface area contributed by atoms with Gasteiger partial charge in [-0.3, -0.25) is 9.52 Å². The third-order valence-corrected chi connectivity index (χ3v) is 4.66. The van der Waals surface area contributed by atoms with Gasteiger partial charge < -0.3 is 9.73 Å². The molecule has 1 atom stereocenters. The van der Waals surface area contributed by atoms with E-state index in [9.17, 15) is 18.0 Å². The molecule has 0 fully saturated rings. The normalized spacial score (nSPS) is 12.4. The molecule has 1 aromatic carbocycles. The molecule has 1 heterocycles. The Hall–Kier alpha value is -2.61. The summed E-state index contributed by atoms with van der Waals surface area (Å²) in [6, 6.07) is 8.04. The minimum Gasteiger partial charge on any atom is -0.427 e. The molecule has 2 N–H and O–H groups in total. The van der Waals surface area contributed by atoms with E-state index >= 15 is 0 Å². The van der Waals surface area contributed by atoms with E-state index in [1.54, 1.807) is 31.2 Å². The second kappa shape index (κ2) is 8.39. The molecule has 1 aromatic heterocycles. The van der Waals surface area contributed by atoms with E-state index in [0.717, 1.165) is 19.1 Å².